The van der Waals surface area contributed by atoms with Crippen LogP contribution in [0, 0.1) is 11.8 Å². The molecular weight excluding hydrogens is 480 g/mol. The molecule has 0 radical (unpaired) electrons. The number of benzene rings is 5. The first-order valence-electron chi connectivity index (χ1n) is 13.3. The third-order valence-electron chi connectivity index (χ3n) is 8.87. The second-order valence-corrected chi connectivity index (χ2v) is 10.6. The molecule has 0 spiro atoms. The Morgan fingerprint density at radius 1 is 0.641 bits per heavy atom. The van der Waals surface area contributed by atoms with Gasteiger partial charge in [-0.15, -0.1) is 0 Å². The lowest BCUT2D eigenvalue weighted by molar-refractivity contribution is -0.122. The maximum Gasteiger partial charge on any atom is 0.239 e. The molecule has 0 N–H and O–H groups in total. The number of aliphatic imine (C=N–C) groups is 1. The molecular formula is C35H24N2O2. The fraction of sp³-hybridized carbons (Fsp3) is 0.114. The lowest BCUT2D eigenvalue weighted by Gasteiger charge is -2.52. The van der Waals surface area contributed by atoms with Gasteiger partial charge in [0, 0.05) is 17.5 Å². The van der Waals surface area contributed by atoms with Crippen LogP contribution in [0.5, 0.6) is 0 Å². The number of rotatable bonds is 3. The number of fused-ring (bicyclic) bond motifs is 1. The van der Waals surface area contributed by atoms with Crippen LogP contribution in [0.25, 0.3) is 10.8 Å². The quantitative estimate of drug-likeness (QED) is 0.201. The SMILES string of the molecule is O=C1[C@@H]2[C@@H](C(=O)N1c1ccccc1)C1c3ccccc3C2(C=Nc2cccc3ccccc23)c2ccccc21. The van der Waals surface area contributed by atoms with E-state index in [1.807, 2.05) is 85.1 Å². The molecule has 4 aliphatic rings. The van der Waals surface area contributed by atoms with E-state index in [9.17, 15) is 9.59 Å². The minimum absolute atomic E-state index is 0.131. The molecule has 39 heavy (non-hydrogen) atoms. The minimum atomic E-state index is -0.875. The number of nitrogens with zero attached hydrogens (tertiary/aromatic N) is 2. The molecule has 0 unspecified atom stereocenters. The number of hydrogen-bond donors (Lipinski definition) is 0. The summed E-state index contributed by atoms with van der Waals surface area (Å²) in [6.45, 7) is 0. The van der Waals surface area contributed by atoms with E-state index in [4.69, 9.17) is 4.99 Å². The van der Waals surface area contributed by atoms with Crippen molar-refractivity contribution in [1.29, 1.82) is 0 Å². The Morgan fingerprint density at radius 3 is 2.00 bits per heavy atom. The van der Waals surface area contributed by atoms with Crippen molar-refractivity contribution in [3.05, 3.63) is 144 Å². The first kappa shape index (κ1) is 22.2. The van der Waals surface area contributed by atoms with Crippen molar-refractivity contribution in [2.24, 2.45) is 16.8 Å². The zero-order valence-electron chi connectivity index (χ0n) is 21.1. The molecule has 3 aliphatic carbocycles. The van der Waals surface area contributed by atoms with E-state index in [-0.39, 0.29) is 17.7 Å². The van der Waals surface area contributed by atoms with Gasteiger partial charge < -0.3 is 0 Å². The van der Waals surface area contributed by atoms with Crippen LogP contribution in [0.3, 0.4) is 0 Å². The van der Waals surface area contributed by atoms with Crippen molar-refractivity contribution in [3.63, 3.8) is 0 Å². The summed E-state index contributed by atoms with van der Waals surface area (Å²) in [5.74, 6) is -1.55. The molecule has 2 amide bonds. The van der Waals surface area contributed by atoms with Crippen molar-refractivity contribution in [2.75, 3.05) is 4.90 Å². The molecule has 0 saturated carbocycles. The van der Waals surface area contributed by atoms with Gasteiger partial charge in [0.05, 0.1) is 28.6 Å². The van der Waals surface area contributed by atoms with Gasteiger partial charge in [0.25, 0.3) is 0 Å². The fourth-order valence-corrected chi connectivity index (χ4v) is 7.37. The van der Waals surface area contributed by atoms with Crippen LogP contribution in [-0.4, -0.2) is 18.0 Å². The van der Waals surface area contributed by atoms with Crippen LogP contribution < -0.4 is 4.90 Å². The van der Waals surface area contributed by atoms with E-state index >= 15 is 0 Å². The molecule has 2 bridgehead atoms. The highest BCUT2D eigenvalue weighted by molar-refractivity contribution is 6.25. The van der Waals surface area contributed by atoms with Crippen molar-refractivity contribution in [3.8, 4) is 0 Å². The summed E-state index contributed by atoms with van der Waals surface area (Å²) in [6, 6.07) is 40.2. The van der Waals surface area contributed by atoms with Gasteiger partial charge in [-0.2, -0.15) is 0 Å². The summed E-state index contributed by atoms with van der Waals surface area (Å²) in [4.78, 5) is 35.2. The molecule has 1 heterocycles. The Morgan fingerprint density at radius 2 is 1.26 bits per heavy atom. The van der Waals surface area contributed by atoms with Gasteiger partial charge in [0.15, 0.2) is 0 Å². The Balaban J connectivity index is 1.42. The van der Waals surface area contributed by atoms with Crippen LogP contribution in [0.2, 0.25) is 0 Å². The molecule has 1 aliphatic heterocycles. The predicted octanol–water partition coefficient (Wildman–Crippen LogP) is 6.79. The normalized spacial score (nSPS) is 24.7. The molecule has 5 aromatic rings. The average Bonchev–Trinajstić information content (AvgIpc) is 3.27. The van der Waals surface area contributed by atoms with Gasteiger partial charge >= 0.3 is 0 Å². The van der Waals surface area contributed by atoms with E-state index in [2.05, 4.69) is 42.5 Å². The maximum atomic E-state index is 14.4. The largest absolute Gasteiger partial charge is 0.274 e. The third-order valence-corrected chi connectivity index (χ3v) is 8.87. The monoisotopic (exact) mass is 504 g/mol. The van der Waals surface area contributed by atoms with Crippen LogP contribution in [-0.2, 0) is 15.0 Å². The number of para-hydroxylation sites is 1. The van der Waals surface area contributed by atoms with Crippen LogP contribution in [0.1, 0.15) is 28.2 Å². The standard InChI is InChI=1S/C35H24N2O2/c38-33-31-30-25-16-6-8-18-27(25)35(28-19-9-7-17-26(28)30,32(31)34(39)37(33)23-13-2-1-3-14-23)21-36-29-20-10-12-22-11-4-5-15-24(22)29/h1-21,30-32H/t30?,31-,32-,35?/m0/s1. The number of amides is 2. The summed E-state index contributed by atoms with van der Waals surface area (Å²) >= 11 is 0. The van der Waals surface area contributed by atoms with Crippen LogP contribution in [0.4, 0.5) is 11.4 Å². The molecule has 2 atom stereocenters. The average molecular weight is 505 g/mol. The van der Waals surface area contributed by atoms with Gasteiger partial charge in [-0.1, -0.05) is 103 Å². The van der Waals surface area contributed by atoms with E-state index < -0.39 is 17.3 Å². The highest BCUT2D eigenvalue weighted by Crippen LogP contribution is 2.63. The lowest BCUT2D eigenvalue weighted by Crippen LogP contribution is -2.54. The summed E-state index contributed by atoms with van der Waals surface area (Å²) < 4.78 is 0. The molecule has 4 nitrogen and oxygen atoms in total. The van der Waals surface area contributed by atoms with E-state index in [0.717, 1.165) is 38.7 Å². The molecule has 0 aromatic heterocycles. The number of carbonyl (C=O) groups excluding carboxylic acids is 2. The first-order valence-corrected chi connectivity index (χ1v) is 13.3. The first-order chi connectivity index (χ1) is 19.2. The number of hydrogen-bond acceptors (Lipinski definition) is 3. The van der Waals surface area contributed by atoms with Crippen molar-refractivity contribution in [1.82, 2.24) is 0 Å². The van der Waals surface area contributed by atoms with Crippen molar-refractivity contribution in [2.45, 2.75) is 11.3 Å². The van der Waals surface area contributed by atoms with E-state index in [0.29, 0.717) is 5.69 Å². The van der Waals surface area contributed by atoms with Crippen molar-refractivity contribution >= 4 is 40.2 Å². The summed E-state index contributed by atoms with van der Waals surface area (Å²) in [6.07, 6.45) is 1.97. The molecule has 4 heteroatoms. The van der Waals surface area contributed by atoms with Gasteiger partial charge in [0.2, 0.25) is 11.8 Å². The van der Waals surface area contributed by atoms with Gasteiger partial charge in [-0.3, -0.25) is 14.6 Å². The zero-order valence-corrected chi connectivity index (χ0v) is 21.1. The number of carbonyl (C=O) groups is 2. The fourth-order valence-electron chi connectivity index (χ4n) is 7.37. The zero-order chi connectivity index (χ0) is 26.1. The molecule has 5 aromatic carbocycles. The van der Waals surface area contributed by atoms with E-state index in [1.165, 1.54) is 4.90 Å². The Bertz CT molecular complexity index is 1790. The van der Waals surface area contributed by atoms with Crippen LogP contribution >= 0.6 is 0 Å². The highest BCUT2D eigenvalue weighted by Gasteiger charge is 2.67. The molecule has 1 fully saturated rings. The summed E-state index contributed by atoms with van der Waals surface area (Å²) in [5.41, 5.74) is 4.94. The number of anilines is 1. The Hall–Kier alpha value is -4.83. The topological polar surface area (TPSA) is 49.7 Å². The predicted molar refractivity (Wildman–Crippen MR) is 154 cm³/mol. The second-order valence-electron chi connectivity index (χ2n) is 10.6. The smallest absolute Gasteiger partial charge is 0.239 e. The number of imide groups is 1. The van der Waals surface area contributed by atoms with Gasteiger partial charge in [0.1, 0.15) is 0 Å². The van der Waals surface area contributed by atoms with Crippen molar-refractivity contribution < 1.29 is 9.59 Å². The minimum Gasteiger partial charge on any atom is -0.274 e. The Labute approximate surface area is 226 Å². The highest BCUT2D eigenvalue weighted by atomic mass is 16.2. The second kappa shape index (κ2) is 8.08. The lowest BCUT2D eigenvalue weighted by atomic mass is 9.47. The third kappa shape index (κ3) is 2.86. The van der Waals surface area contributed by atoms with Crippen LogP contribution in [0.15, 0.2) is 126 Å². The Kier molecular flexibility index (Phi) is 4.60. The van der Waals surface area contributed by atoms with Gasteiger partial charge in [-0.05, 0) is 45.8 Å². The molecule has 186 valence electrons. The van der Waals surface area contributed by atoms with Gasteiger partial charge in [-0.25, -0.2) is 4.90 Å². The summed E-state index contributed by atoms with van der Waals surface area (Å²) in [5, 5.41) is 2.16. The maximum absolute atomic E-state index is 14.4. The molecule has 9 rings (SSSR count). The molecule has 1 saturated heterocycles. The van der Waals surface area contributed by atoms with E-state index in [1.54, 1.807) is 0 Å². The summed E-state index contributed by atoms with van der Waals surface area (Å²) in [7, 11) is 0.